The number of ether oxygens (including phenoxy) is 1. The zero-order valence-corrected chi connectivity index (χ0v) is 15.1. The van der Waals surface area contributed by atoms with Crippen LogP contribution in [-0.4, -0.2) is 35.0 Å². The van der Waals surface area contributed by atoms with E-state index in [1.54, 1.807) is 36.1 Å². The highest BCUT2D eigenvalue weighted by Gasteiger charge is 2.24. The summed E-state index contributed by atoms with van der Waals surface area (Å²) in [4.78, 5) is 30.0. The third-order valence-corrected chi connectivity index (χ3v) is 4.83. The van der Waals surface area contributed by atoms with Gasteiger partial charge in [-0.05, 0) is 37.1 Å². The van der Waals surface area contributed by atoms with Gasteiger partial charge in [0.2, 0.25) is 0 Å². The number of rotatable bonds is 3. The Hall–Kier alpha value is -3.28. The van der Waals surface area contributed by atoms with E-state index < -0.39 is 5.97 Å². The van der Waals surface area contributed by atoms with E-state index >= 15 is 0 Å². The molecule has 3 aromatic rings. The highest BCUT2D eigenvalue weighted by molar-refractivity contribution is 6.01. The maximum atomic E-state index is 12.8. The number of carbonyl (C=O) groups excluding carboxylic acids is 2. The van der Waals surface area contributed by atoms with Crippen LogP contribution in [0.4, 0.5) is 10.5 Å². The van der Waals surface area contributed by atoms with Crippen LogP contribution >= 0.6 is 0 Å². The summed E-state index contributed by atoms with van der Waals surface area (Å²) in [6, 6.07) is 14.9. The number of carbonyl (C=O) groups is 2. The molecule has 1 aromatic heterocycles. The molecule has 0 saturated carbocycles. The Morgan fingerprint density at radius 1 is 1.15 bits per heavy atom. The van der Waals surface area contributed by atoms with Gasteiger partial charge < -0.3 is 19.9 Å². The van der Waals surface area contributed by atoms with Crippen molar-refractivity contribution >= 4 is 28.6 Å². The molecule has 1 aliphatic heterocycles. The van der Waals surface area contributed by atoms with E-state index in [4.69, 9.17) is 4.74 Å². The SMILES string of the molecule is CCOC(=O)c1ccccc1NC(=O)N1CCc2c([nH]c3ccccc23)C1. The lowest BCUT2D eigenvalue weighted by molar-refractivity contribution is 0.0527. The largest absolute Gasteiger partial charge is 0.462 e. The topological polar surface area (TPSA) is 74.4 Å². The van der Waals surface area contributed by atoms with Gasteiger partial charge >= 0.3 is 12.0 Å². The van der Waals surface area contributed by atoms with Crippen LogP contribution in [-0.2, 0) is 17.7 Å². The third-order valence-electron chi connectivity index (χ3n) is 4.83. The number of urea groups is 1. The molecule has 27 heavy (non-hydrogen) atoms. The van der Waals surface area contributed by atoms with Crippen LogP contribution in [0.3, 0.4) is 0 Å². The van der Waals surface area contributed by atoms with Crippen LogP contribution in [0.1, 0.15) is 28.5 Å². The minimum atomic E-state index is -0.440. The highest BCUT2D eigenvalue weighted by Crippen LogP contribution is 2.28. The standard InChI is InChI=1S/C21H21N3O3/c1-2-27-20(25)16-8-4-6-10-18(16)23-21(26)24-12-11-15-14-7-3-5-9-17(14)22-19(15)13-24/h3-10,22H,2,11-13H2,1H3,(H,23,26). The number of aromatic amines is 1. The number of nitrogens with zero attached hydrogens (tertiary/aromatic N) is 1. The summed E-state index contributed by atoms with van der Waals surface area (Å²) in [7, 11) is 0. The highest BCUT2D eigenvalue weighted by atomic mass is 16.5. The molecule has 2 aromatic carbocycles. The number of amides is 2. The summed E-state index contributed by atoms with van der Waals surface area (Å²) in [6.45, 7) is 3.18. The lowest BCUT2D eigenvalue weighted by Crippen LogP contribution is -2.39. The van der Waals surface area contributed by atoms with Crippen LogP contribution in [0.2, 0.25) is 0 Å². The van der Waals surface area contributed by atoms with Crippen LogP contribution in [0.25, 0.3) is 10.9 Å². The number of H-pyrrole nitrogens is 1. The van der Waals surface area contributed by atoms with Gasteiger partial charge in [0.1, 0.15) is 0 Å². The van der Waals surface area contributed by atoms with E-state index in [0.29, 0.717) is 24.3 Å². The molecule has 0 saturated heterocycles. The molecule has 138 valence electrons. The van der Waals surface area contributed by atoms with Gasteiger partial charge in [-0.25, -0.2) is 9.59 Å². The van der Waals surface area contributed by atoms with E-state index in [2.05, 4.69) is 16.4 Å². The van der Waals surface area contributed by atoms with Crippen LogP contribution in [0.5, 0.6) is 0 Å². The van der Waals surface area contributed by atoms with E-state index in [1.807, 2.05) is 18.2 Å². The maximum absolute atomic E-state index is 12.8. The molecule has 0 spiro atoms. The van der Waals surface area contributed by atoms with E-state index in [1.165, 1.54) is 10.9 Å². The lowest BCUT2D eigenvalue weighted by Gasteiger charge is -2.27. The summed E-state index contributed by atoms with van der Waals surface area (Å²) in [5.41, 5.74) is 4.26. The first-order valence-electron chi connectivity index (χ1n) is 9.08. The number of aromatic nitrogens is 1. The first kappa shape index (κ1) is 17.1. The second-order valence-electron chi connectivity index (χ2n) is 6.50. The van der Waals surface area contributed by atoms with Crippen LogP contribution in [0.15, 0.2) is 48.5 Å². The maximum Gasteiger partial charge on any atom is 0.340 e. The fraction of sp³-hybridized carbons (Fsp3) is 0.238. The van der Waals surface area contributed by atoms with Crippen molar-refractivity contribution in [2.75, 3.05) is 18.5 Å². The van der Waals surface area contributed by atoms with Gasteiger partial charge in [0.15, 0.2) is 0 Å². The number of hydrogen-bond donors (Lipinski definition) is 2. The predicted octanol–water partition coefficient (Wildman–Crippen LogP) is 3.93. The Bertz CT molecular complexity index is 1010. The number of benzene rings is 2. The van der Waals surface area contributed by atoms with Crippen molar-refractivity contribution in [1.82, 2.24) is 9.88 Å². The molecule has 0 unspecified atom stereocenters. The molecule has 2 amide bonds. The minimum Gasteiger partial charge on any atom is -0.462 e. The number of esters is 1. The first-order chi connectivity index (χ1) is 13.2. The normalized spacial score (nSPS) is 13.3. The summed E-state index contributed by atoms with van der Waals surface area (Å²) in [6.07, 6.45) is 0.798. The van der Waals surface area contributed by atoms with Crippen molar-refractivity contribution in [3.05, 3.63) is 65.4 Å². The number of fused-ring (bicyclic) bond motifs is 3. The molecular formula is C21H21N3O3. The van der Waals surface area contributed by atoms with Crippen molar-refractivity contribution in [1.29, 1.82) is 0 Å². The monoisotopic (exact) mass is 363 g/mol. The Morgan fingerprint density at radius 3 is 2.78 bits per heavy atom. The fourth-order valence-electron chi connectivity index (χ4n) is 3.54. The summed E-state index contributed by atoms with van der Waals surface area (Å²) < 4.78 is 5.07. The van der Waals surface area contributed by atoms with E-state index in [-0.39, 0.29) is 12.6 Å². The average Bonchev–Trinajstić information content (AvgIpc) is 3.06. The first-order valence-corrected chi connectivity index (χ1v) is 9.08. The average molecular weight is 363 g/mol. The summed E-state index contributed by atoms with van der Waals surface area (Å²) in [5, 5.41) is 4.08. The van der Waals surface area contributed by atoms with Gasteiger partial charge in [-0.15, -0.1) is 0 Å². The molecule has 6 nitrogen and oxygen atoms in total. The summed E-state index contributed by atoms with van der Waals surface area (Å²) >= 11 is 0. The zero-order valence-electron chi connectivity index (χ0n) is 15.1. The Morgan fingerprint density at radius 2 is 1.93 bits per heavy atom. The van der Waals surface area contributed by atoms with Gasteiger partial charge in [0.25, 0.3) is 0 Å². The number of para-hydroxylation sites is 2. The number of nitrogens with one attached hydrogen (secondary N) is 2. The lowest BCUT2D eigenvalue weighted by atomic mass is 10.0. The van der Waals surface area contributed by atoms with E-state index in [0.717, 1.165) is 17.6 Å². The Balaban J connectivity index is 1.53. The molecule has 0 bridgehead atoms. The third kappa shape index (κ3) is 3.26. The molecule has 6 heteroatoms. The van der Waals surface area contributed by atoms with Crippen molar-refractivity contribution in [3.63, 3.8) is 0 Å². The molecule has 2 N–H and O–H groups in total. The fourth-order valence-corrected chi connectivity index (χ4v) is 3.54. The second-order valence-corrected chi connectivity index (χ2v) is 6.50. The van der Waals surface area contributed by atoms with Crippen molar-refractivity contribution in [2.24, 2.45) is 0 Å². The second kappa shape index (κ2) is 7.15. The number of hydrogen-bond acceptors (Lipinski definition) is 3. The molecule has 0 aliphatic carbocycles. The van der Waals surface area contributed by atoms with Crippen LogP contribution < -0.4 is 5.32 Å². The molecule has 1 aliphatic rings. The van der Waals surface area contributed by atoms with Crippen molar-refractivity contribution in [3.8, 4) is 0 Å². The molecule has 0 atom stereocenters. The predicted molar refractivity (Wildman–Crippen MR) is 104 cm³/mol. The molecular weight excluding hydrogens is 342 g/mol. The molecule has 0 radical (unpaired) electrons. The Labute approximate surface area is 157 Å². The zero-order chi connectivity index (χ0) is 18.8. The molecule has 0 fully saturated rings. The summed E-state index contributed by atoms with van der Waals surface area (Å²) in [5.74, 6) is -0.440. The minimum absolute atomic E-state index is 0.226. The molecule has 4 rings (SSSR count). The van der Waals surface area contributed by atoms with Gasteiger partial charge in [-0.2, -0.15) is 0 Å². The quantitative estimate of drug-likeness (QED) is 0.692. The van der Waals surface area contributed by atoms with Gasteiger partial charge in [-0.3, -0.25) is 0 Å². The van der Waals surface area contributed by atoms with Gasteiger partial charge in [-0.1, -0.05) is 30.3 Å². The van der Waals surface area contributed by atoms with Gasteiger partial charge in [0.05, 0.1) is 24.4 Å². The Kier molecular flexibility index (Phi) is 4.54. The van der Waals surface area contributed by atoms with E-state index in [9.17, 15) is 9.59 Å². The van der Waals surface area contributed by atoms with Crippen molar-refractivity contribution < 1.29 is 14.3 Å². The van der Waals surface area contributed by atoms with Crippen molar-refractivity contribution in [2.45, 2.75) is 19.9 Å². The number of anilines is 1. The molecule has 2 heterocycles. The van der Waals surface area contributed by atoms with Gasteiger partial charge in [0, 0.05) is 23.1 Å². The smallest absolute Gasteiger partial charge is 0.340 e. The van der Waals surface area contributed by atoms with Crippen LogP contribution in [0, 0.1) is 0 Å².